The Kier molecular flexibility index (Phi) is 6.94. The average molecular weight is 504 g/mol. The number of hydrogen-bond donors (Lipinski definition) is 0. The van der Waals surface area contributed by atoms with Gasteiger partial charge in [0.2, 0.25) is 5.91 Å². The van der Waals surface area contributed by atoms with E-state index in [-0.39, 0.29) is 33.5 Å². The van der Waals surface area contributed by atoms with Crippen LogP contribution in [0.5, 0.6) is 5.75 Å². The summed E-state index contributed by atoms with van der Waals surface area (Å²) < 4.78 is 5.18. The predicted molar refractivity (Wildman–Crippen MR) is 144 cm³/mol. The molecule has 0 radical (unpaired) electrons. The molecule has 2 saturated heterocycles. The lowest BCUT2D eigenvalue weighted by atomic mass is 9.73. The van der Waals surface area contributed by atoms with E-state index in [4.69, 9.17) is 4.74 Å². The Hall–Kier alpha value is -2.70. The summed E-state index contributed by atoms with van der Waals surface area (Å²) in [6.45, 7) is 1.02. The SMILES string of the molecule is COc1ccccc1[C@H](SC)C(=O)N1C[C@H]2C(=O)CSC(c3ccccc3)(c3ccccc3)[C@H]2C1. The molecular weight excluding hydrogens is 474 g/mol. The summed E-state index contributed by atoms with van der Waals surface area (Å²) in [4.78, 5) is 29.1. The number of Topliss-reactive ketones (excluding diaryl/α,β-unsaturated/α-hetero) is 1. The summed E-state index contributed by atoms with van der Waals surface area (Å²) in [7, 11) is 1.63. The fraction of sp³-hybridized carbons (Fsp3) is 0.310. The van der Waals surface area contributed by atoms with Crippen molar-refractivity contribution in [2.75, 3.05) is 32.2 Å². The van der Waals surface area contributed by atoms with E-state index in [1.54, 1.807) is 18.9 Å². The van der Waals surface area contributed by atoms with Crippen molar-refractivity contribution in [3.8, 4) is 5.75 Å². The molecule has 0 N–H and O–H groups in total. The van der Waals surface area contributed by atoms with Crippen LogP contribution in [0, 0.1) is 11.8 Å². The molecule has 4 nitrogen and oxygen atoms in total. The van der Waals surface area contributed by atoms with Crippen LogP contribution in [0.1, 0.15) is 21.9 Å². The number of ether oxygens (including phenoxy) is 1. The van der Waals surface area contributed by atoms with Gasteiger partial charge in [-0.2, -0.15) is 0 Å². The van der Waals surface area contributed by atoms with Crippen molar-refractivity contribution in [1.82, 2.24) is 4.90 Å². The van der Waals surface area contributed by atoms with Gasteiger partial charge in [0.15, 0.2) is 0 Å². The van der Waals surface area contributed by atoms with E-state index in [2.05, 4.69) is 48.5 Å². The van der Waals surface area contributed by atoms with E-state index in [1.165, 1.54) is 22.9 Å². The van der Waals surface area contributed by atoms with Gasteiger partial charge in [-0.05, 0) is 23.4 Å². The molecule has 0 aliphatic carbocycles. The smallest absolute Gasteiger partial charge is 0.240 e. The van der Waals surface area contributed by atoms with Gasteiger partial charge in [-0.15, -0.1) is 23.5 Å². The molecule has 3 aromatic carbocycles. The number of amides is 1. The molecular formula is C29H29NO3S2. The third-order valence-electron chi connectivity index (χ3n) is 7.30. The first-order valence-electron chi connectivity index (χ1n) is 11.8. The second-order valence-electron chi connectivity index (χ2n) is 9.04. The van der Waals surface area contributed by atoms with Crippen LogP contribution in [-0.2, 0) is 14.3 Å². The average Bonchev–Trinajstić information content (AvgIpc) is 3.38. The molecule has 2 aliphatic heterocycles. The Labute approximate surface area is 215 Å². The van der Waals surface area contributed by atoms with E-state index in [9.17, 15) is 9.59 Å². The first-order valence-corrected chi connectivity index (χ1v) is 14.1. The van der Waals surface area contributed by atoms with Crippen LogP contribution >= 0.6 is 23.5 Å². The van der Waals surface area contributed by atoms with Crippen LogP contribution in [0.25, 0.3) is 0 Å². The van der Waals surface area contributed by atoms with Crippen molar-refractivity contribution in [2.24, 2.45) is 11.8 Å². The number of likely N-dealkylation sites (tertiary alicyclic amines) is 1. The number of thioether (sulfide) groups is 2. The Balaban J connectivity index is 1.54. The van der Waals surface area contributed by atoms with Crippen molar-refractivity contribution in [3.05, 3.63) is 102 Å². The van der Waals surface area contributed by atoms with Crippen LogP contribution in [0.2, 0.25) is 0 Å². The van der Waals surface area contributed by atoms with Gasteiger partial charge in [-0.25, -0.2) is 0 Å². The number of nitrogens with zero attached hydrogens (tertiary/aromatic N) is 1. The van der Waals surface area contributed by atoms with Crippen molar-refractivity contribution in [3.63, 3.8) is 0 Å². The molecule has 2 aliphatic rings. The zero-order valence-corrected chi connectivity index (χ0v) is 21.6. The van der Waals surface area contributed by atoms with Crippen LogP contribution in [-0.4, -0.2) is 48.8 Å². The lowest BCUT2D eigenvalue weighted by Gasteiger charge is -2.44. The second-order valence-corrected chi connectivity index (χ2v) is 11.2. The highest BCUT2D eigenvalue weighted by Crippen LogP contribution is 2.56. The highest BCUT2D eigenvalue weighted by molar-refractivity contribution is 8.01. The molecule has 3 atom stereocenters. The number of hydrogen-bond acceptors (Lipinski definition) is 5. The fourth-order valence-electron chi connectivity index (χ4n) is 5.66. The summed E-state index contributed by atoms with van der Waals surface area (Å²) in [5.74, 6) is 1.28. The number of carbonyl (C=O) groups is 2. The van der Waals surface area contributed by atoms with Crippen LogP contribution in [0.3, 0.4) is 0 Å². The number of ketones is 1. The van der Waals surface area contributed by atoms with Gasteiger partial charge < -0.3 is 9.64 Å². The van der Waals surface area contributed by atoms with Gasteiger partial charge in [0.25, 0.3) is 0 Å². The van der Waals surface area contributed by atoms with Gasteiger partial charge in [0.1, 0.15) is 16.8 Å². The summed E-state index contributed by atoms with van der Waals surface area (Å²) >= 11 is 3.23. The maximum atomic E-state index is 13.9. The first-order chi connectivity index (χ1) is 17.1. The van der Waals surface area contributed by atoms with E-state index < -0.39 is 0 Å². The van der Waals surface area contributed by atoms with Gasteiger partial charge in [0, 0.05) is 30.5 Å². The van der Waals surface area contributed by atoms with Gasteiger partial charge >= 0.3 is 0 Å². The van der Waals surface area contributed by atoms with Crippen LogP contribution < -0.4 is 4.74 Å². The third-order valence-corrected chi connectivity index (χ3v) is 9.88. The quantitative estimate of drug-likeness (QED) is 0.449. The van der Waals surface area contributed by atoms with E-state index in [0.717, 1.165) is 5.56 Å². The maximum absolute atomic E-state index is 13.9. The van der Waals surface area contributed by atoms with Gasteiger partial charge in [-0.3, -0.25) is 9.59 Å². The zero-order chi connectivity index (χ0) is 24.4. The number of fused-ring (bicyclic) bond motifs is 1. The van der Waals surface area contributed by atoms with E-state index in [1.807, 2.05) is 47.6 Å². The molecule has 0 saturated carbocycles. The van der Waals surface area contributed by atoms with Gasteiger partial charge in [0.05, 0.1) is 17.6 Å². The maximum Gasteiger partial charge on any atom is 0.240 e. The summed E-state index contributed by atoms with van der Waals surface area (Å²) in [6, 6.07) is 28.7. The number of carbonyl (C=O) groups excluding carboxylic acids is 2. The minimum atomic E-state index is -0.380. The number of methoxy groups -OCH3 is 1. The van der Waals surface area contributed by atoms with Crippen LogP contribution in [0.4, 0.5) is 0 Å². The van der Waals surface area contributed by atoms with Crippen molar-refractivity contribution in [1.29, 1.82) is 0 Å². The van der Waals surface area contributed by atoms with Crippen molar-refractivity contribution >= 4 is 35.2 Å². The molecule has 0 bridgehead atoms. The summed E-state index contributed by atoms with van der Waals surface area (Å²) in [5, 5.41) is -0.378. The Morgan fingerprint density at radius 1 is 0.971 bits per heavy atom. The van der Waals surface area contributed by atoms with E-state index >= 15 is 0 Å². The lowest BCUT2D eigenvalue weighted by molar-refractivity contribution is -0.130. The fourth-order valence-corrected chi connectivity index (χ4v) is 8.11. The molecule has 0 spiro atoms. The topological polar surface area (TPSA) is 46.6 Å². The van der Waals surface area contributed by atoms with E-state index in [0.29, 0.717) is 24.6 Å². The zero-order valence-electron chi connectivity index (χ0n) is 19.9. The molecule has 3 aromatic rings. The highest BCUT2D eigenvalue weighted by Gasteiger charge is 2.56. The Morgan fingerprint density at radius 2 is 1.57 bits per heavy atom. The minimum Gasteiger partial charge on any atom is -0.496 e. The number of benzene rings is 3. The molecule has 0 unspecified atom stereocenters. The molecule has 2 fully saturated rings. The van der Waals surface area contributed by atoms with Crippen LogP contribution in [0.15, 0.2) is 84.9 Å². The normalized spacial score (nSPS) is 21.9. The molecule has 2 heterocycles. The molecule has 180 valence electrons. The second kappa shape index (κ2) is 10.1. The molecule has 5 rings (SSSR count). The number of rotatable bonds is 6. The first kappa shape index (κ1) is 24.0. The largest absolute Gasteiger partial charge is 0.496 e. The standard InChI is InChI=1S/C29H29NO3S2/c1-33-26-16-10-9-15-22(26)27(34-2)28(32)30-17-23-24(18-30)29(35-19-25(23)31,20-11-5-3-6-12-20)21-13-7-4-8-14-21/h3-16,23-24,27H,17-19H2,1-2H3/t23-,24+,27+/m1/s1. The predicted octanol–water partition coefficient (Wildman–Crippen LogP) is 5.43. The summed E-state index contributed by atoms with van der Waals surface area (Å²) in [5.41, 5.74) is 3.26. The minimum absolute atomic E-state index is 0.00248. The number of para-hydroxylation sites is 1. The summed E-state index contributed by atoms with van der Waals surface area (Å²) in [6.07, 6.45) is 1.96. The van der Waals surface area contributed by atoms with Crippen molar-refractivity contribution in [2.45, 2.75) is 10.00 Å². The monoisotopic (exact) mass is 503 g/mol. The Morgan fingerprint density at radius 3 is 2.17 bits per heavy atom. The molecule has 0 aromatic heterocycles. The van der Waals surface area contributed by atoms with Crippen molar-refractivity contribution < 1.29 is 14.3 Å². The van der Waals surface area contributed by atoms with Gasteiger partial charge in [-0.1, -0.05) is 78.9 Å². The Bertz CT molecular complexity index is 1160. The molecule has 35 heavy (non-hydrogen) atoms. The molecule has 1 amide bonds. The molecule has 6 heteroatoms. The third kappa shape index (κ3) is 4.17. The lowest BCUT2D eigenvalue weighted by Crippen LogP contribution is -2.45. The highest BCUT2D eigenvalue weighted by atomic mass is 32.2.